The molecular formula is C23H20I3O3+. The lowest BCUT2D eigenvalue weighted by atomic mass is 10.1. The molecule has 0 aliphatic carbocycles. The number of ether oxygens (including phenoxy) is 2. The Bertz CT molecular complexity index is 949. The Kier molecular flexibility index (Phi) is 8.60. The molecule has 6 heteroatoms. The average molecular weight is 725 g/mol. The molecule has 0 saturated carbocycles. The van der Waals surface area contributed by atoms with Crippen LogP contribution < -0.4 is 25.9 Å². The van der Waals surface area contributed by atoms with E-state index >= 15 is 0 Å². The summed E-state index contributed by atoms with van der Waals surface area (Å²) >= 11 is 4.32. The molecule has 0 radical (unpaired) electrons. The Hall–Kier alpha value is -0.880. The summed E-state index contributed by atoms with van der Waals surface area (Å²) in [6.45, 7) is 3.88. The summed E-state index contributed by atoms with van der Waals surface area (Å²) in [6, 6.07) is 22.8. The van der Waals surface area contributed by atoms with Gasteiger partial charge in [-0.2, -0.15) is 0 Å². The van der Waals surface area contributed by atoms with Crippen molar-refractivity contribution < 1.29 is 35.5 Å². The van der Waals surface area contributed by atoms with Gasteiger partial charge in [0.05, 0.1) is 0 Å². The smallest absolute Gasteiger partial charge is 0.357 e. The molecule has 3 aromatic carbocycles. The van der Waals surface area contributed by atoms with Gasteiger partial charge < -0.3 is 9.47 Å². The highest BCUT2D eigenvalue weighted by molar-refractivity contribution is 14.1. The molecule has 0 aliphatic heterocycles. The summed E-state index contributed by atoms with van der Waals surface area (Å²) in [5.74, 6) is 0.303. The van der Waals surface area contributed by atoms with Crippen molar-refractivity contribution in [3.8, 4) is 5.75 Å². The van der Waals surface area contributed by atoms with Gasteiger partial charge in [0.15, 0.2) is 13.7 Å². The van der Waals surface area contributed by atoms with Gasteiger partial charge in [-0.25, -0.2) is 4.79 Å². The summed E-state index contributed by atoms with van der Waals surface area (Å²) in [4.78, 5) is 12.2. The van der Waals surface area contributed by atoms with Gasteiger partial charge in [-0.05, 0) is 119 Å². The van der Waals surface area contributed by atoms with E-state index in [1.165, 1.54) is 12.7 Å². The monoisotopic (exact) mass is 725 g/mol. The van der Waals surface area contributed by atoms with Crippen molar-refractivity contribution in [2.75, 3.05) is 6.61 Å². The molecule has 0 bridgehead atoms. The van der Waals surface area contributed by atoms with E-state index in [1.807, 2.05) is 31.2 Å². The topological polar surface area (TPSA) is 35.5 Å². The second kappa shape index (κ2) is 10.9. The van der Waals surface area contributed by atoms with Gasteiger partial charge in [-0.3, -0.25) is 0 Å². The van der Waals surface area contributed by atoms with Crippen molar-refractivity contribution in [3.63, 3.8) is 0 Å². The van der Waals surface area contributed by atoms with Gasteiger partial charge in [-0.1, -0.05) is 17.7 Å². The minimum Gasteiger partial charge on any atom is -0.482 e. The van der Waals surface area contributed by atoms with Crippen molar-refractivity contribution in [1.29, 1.82) is 0 Å². The van der Waals surface area contributed by atoms with Crippen LogP contribution in [0.3, 0.4) is 0 Å². The van der Waals surface area contributed by atoms with Crippen LogP contribution in [-0.2, 0) is 9.53 Å². The van der Waals surface area contributed by atoms with E-state index < -0.39 is 0 Å². The summed E-state index contributed by atoms with van der Waals surface area (Å²) in [7, 11) is 0. The molecule has 0 aromatic heterocycles. The molecule has 0 saturated heterocycles. The standard InChI is InChI=1S/C23H20I3O3/c1-15-3-5-20(6-4-15)26-21-7-9-22(10-8-21)28-14-23(27)29-16(2)17-11-18(24)13-19(25)12-17/h3-13,16H,14H2,1-2H3/q+1. The average Bonchev–Trinajstić information content (AvgIpc) is 2.68. The maximum Gasteiger partial charge on any atom is 0.357 e. The van der Waals surface area contributed by atoms with E-state index in [-0.39, 0.29) is 39.9 Å². The fourth-order valence-corrected chi connectivity index (χ4v) is 6.71. The zero-order valence-electron chi connectivity index (χ0n) is 16.0. The molecule has 0 N–H and O–H groups in total. The van der Waals surface area contributed by atoms with Crippen LogP contribution in [0.15, 0.2) is 66.7 Å². The first-order chi connectivity index (χ1) is 13.9. The van der Waals surface area contributed by atoms with Crippen LogP contribution >= 0.6 is 45.2 Å². The van der Waals surface area contributed by atoms with Crippen molar-refractivity contribution in [2.45, 2.75) is 20.0 Å². The SMILES string of the molecule is Cc1ccc([I+]c2ccc(OCC(=O)OC(C)c3cc(I)cc(I)c3)cc2)cc1. The van der Waals surface area contributed by atoms with E-state index in [0.29, 0.717) is 5.75 Å². The minimum atomic E-state index is -0.373. The number of rotatable bonds is 7. The normalized spacial score (nSPS) is 11.7. The number of hydrogen-bond donors (Lipinski definition) is 0. The second-order valence-electron chi connectivity index (χ2n) is 6.47. The zero-order valence-corrected chi connectivity index (χ0v) is 22.5. The third-order valence-corrected chi connectivity index (χ3v) is 7.99. The van der Waals surface area contributed by atoms with Crippen molar-refractivity contribution in [2.24, 2.45) is 0 Å². The third kappa shape index (κ3) is 7.39. The van der Waals surface area contributed by atoms with Gasteiger partial charge in [0.1, 0.15) is 11.9 Å². The molecule has 1 unspecified atom stereocenters. The van der Waals surface area contributed by atoms with Gasteiger partial charge in [0, 0.05) is 7.14 Å². The summed E-state index contributed by atoms with van der Waals surface area (Å²) < 4.78 is 16.1. The first kappa shape index (κ1) is 22.8. The number of hydrogen-bond acceptors (Lipinski definition) is 3. The predicted octanol–water partition coefficient (Wildman–Crippen LogP) is 3.02. The molecule has 3 aromatic rings. The summed E-state index contributed by atoms with van der Waals surface area (Å²) in [5.41, 5.74) is 2.26. The third-order valence-electron chi connectivity index (χ3n) is 4.06. The number of halogens is 3. The van der Waals surface area contributed by atoms with E-state index in [1.54, 1.807) is 0 Å². The number of esters is 1. The highest BCUT2D eigenvalue weighted by atomic mass is 127. The van der Waals surface area contributed by atoms with Gasteiger partial charge in [-0.15, -0.1) is 0 Å². The molecule has 3 nitrogen and oxygen atoms in total. The molecule has 0 heterocycles. The predicted molar refractivity (Wildman–Crippen MR) is 127 cm³/mol. The van der Waals surface area contributed by atoms with Crippen LogP contribution in [0, 0.1) is 21.2 Å². The van der Waals surface area contributed by atoms with E-state index in [4.69, 9.17) is 9.47 Å². The fourth-order valence-electron chi connectivity index (χ4n) is 2.57. The lowest BCUT2D eigenvalue weighted by molar-refractivity contribution is -0.597. The van der Waals surface area contributed by atoms with Crippen LogP contribution in [-0.4, -0.2) is 12.6 Å². The maximum atomic E-state index is 12.2. The zero-order chi connectivity index (χ0) is 20.8. The summed E-state index contributed by atoms with van der Waals surface area (Å²) in [5, 5.41) is 0. The van der Waals surface area contributed by atoms with Crippen LogP contribution in [0.1, 0.15) is 24.2 Å². The number of benzene rings is 3. The lowest BCUT2D eigenvalue weighted by Gasteiger charge is -2.15. The molecular weight excluding hydrogens is 705 g/mol. The Morgan fingerprint density at radius 1 is 0.931 bits per heavy atom. The minimum absolute atomic E-state index is 0.0995. The van der Waals surface area contributed by atoms with Crippen LogP contribution in [0.4, 0.5) is 0 Å². The first-order valence-corrected chi connectivity index (χ1v) is 13.3. The molecule has 0 aliphatic rings. The Morgan fingerprint density at radius 2 is 1.48 bits per heavy atom. The van der Waals surface area contributed by atoms with Crippen LogP contribution in [0.2, 0.25) is 0 Å². The number of aryl methyl sites for hydroxylation is 1. The molecule has 150 valence electrons. The highest BCUT2D eigenvalue weighted by Crippen LogP contribution is 2.22. The number of carbonyl (C=O) groups is 1. The van der Waals surface area contributed by atoms with Crippen LogP contribution in [0.5, 0.6) is 5.75 Å². The number of carbonyl (C=O) groups excluding carboxylic acids is 1. The molecule has 29 heavy (non-hydrogen) atoms. The van der Waals surface area contributed by atoms with Crippen molar-refractivity contribution >= 4 is 51.2 Å². The molecule has 0 fully saturated rings. The Balaban J connectivity index is 1.50. The van der Waals surface area contributed by atoms with Gasteiger partial charge >= 0.3 is 27.2 Å². The Morgan fingerprint density at radius 3 is 2.07 bits per heavy atom. The van der Waals surface area contributed by atoms with E-state index in [2.05, 4.69) is 94.6 Å². The largest absolute Gasteiger partial charge is 0.482 e. The Labute approximate surface area is 209 Å². The van der Waals surface area contributed by atoms with Gasteiger partial charge in [0.25, 0.3) is 0 Å². The molecule has 0 amide bonds. The molecule has 0 spiro atoms. The maximum absolute atomic E-state index is 12.2. The second-order valence-corrected chi connectivity index (χ2v) is 12.0. The first-order valence-electron chi connectivity index (χ1n) is 8.99. The van der Waals surface area contributed by atoms with Crippen LogP contribution in [0.25, 0.3) is 0 Å². The fraction of sp³-hybridized carbons (Fsp3) is 0.174. The lowest BCUT2D eigenvalue weighted by Crippen LogP contribution is -3.61. The van der Waals surface area contributed by atoms with E-state index in [9.17, 15) is 4.79 Å². The van der Waals surface area contributed by atoms with E-state index in [0.717, 1.165) is 12.7 Å². The quantitative estimate of drug-likeness (QED) is 0.278. The highest BCUT2D eigenvalue weighted by Gasteiger charge is 2.16. The van der Waals surface area contributed by atoms with Crippen molar-refractivity contribution in [1.82, 2.24) is 0 Å². The molecule has 3 rings (SSSR count). The summed E-state index contributed by atoms with van der Waals surface area (Å²) in [6.07, 6.45) is -0.309. The van der Waals surface area contributed by atoms with Gasteiger partial charge in [0.2, 0.25) is 0 Å². The molecule has 1 atom stereocenters. The van der Waals surface area contributed by atoms with Crippen molar-refractivity contribution in [3.05, 3.63) is 92.1 Å².